The standard InChI is InChI=1S/C26H31F3N2O4/c1-25(2,3)19-9-7-18(8-10-19)23-30(4)21(13-14-22(32)33)24(34)31(23)16-15-17-5-11-20(12-6-17)35-26(27,28)29/h5-12,21,23H,13-16H2,1-4H3,(H,32,33)/t21-,23+/m0/s1. The Bertz CT molecular complexity index is 1030. The fourth-order valence-electron chi connectivity index (χ4n) is 4.37. The lowest BCUT2D eigenvalue weighted by molar-refractivity contribution is -0.274. The molecular formula is C26H31F3N2O4. The van der Waals surface area contributed by atoms with Gasteiger partial charge in [-0.15, -0.1) is 13.2 Å². The Balaban J connectivity index is 1.81. The number of hydrogen-bond acceptors (Lipinski definition) is 4. The molecule has 1 fully saturated rings. The van der Waals surface area contributed by atoms with E-state index in [-0.39, 0.29) is 36.1 Å². The summed E-state index contributed by atoms with van der Waals surface area (Å²) in [7, 11) is 1.82. The second-order valence-corrected chi connectivity index (χ2v) is 9.83. The molecule has 1 aliphatic heterocycles. The molecule has 0 saturated carbocycles. The summed E-state index contributed by atoms with van der Waals surface area (Å²) in [6, 6.07) is 13.1. The predicted molar refractivity (Wildman–Crippen MR) is 125 cm³/mol. The number of carbonyl (C=O) groups excluding carboxylic acids is 1. The van der Waals surface area contributed by atoms with Crippen molar-refractivity contribution in [3.8, 4) is 5.75 Å². The van der Waals surface area contributed by atoms with Crippen LogP contribution in [0.4, 0.5) is 13.2 Å². The second-order valence-electron chi connectivity index (χ2n) is 9.83. The van der Waals surface area contributed by atoms with E-state index in [1.54, 1.807) is 17.0 Å². The Labute approximate surface area is 203 Å². The molecule has 2 atom stereocenters. The quantitative estimate of drug-likeness (QED) is 0.553. The number of hydrogen-bond donors (Lipinski definition) is 1. The lowest BCUT2D eigenvalue weighted by Crippen LogP contribution is -2.33. The van der Waals surface area contributed by atoms with Crippen LogP contribution in [0, 0.1) is 0 Å². The van der Waals surface area contributed by atoms with Gasteiger partial charge < -0.3 is 14.7 Å². The van der Waals surface area contributed by atoms with Gasteiger partial charge in [0.05, 0.1) is 6.04 Å². The van der Waals surface area contributed by atoms with Crippen molar-refractivity contribution in [3.63, 3.8) is 0 Å². The summed E-state index contributed by atoms with van der Waals surface area (Å²) in [6.07, 6.45) is -4.63. The molecule has 190 valence electrons. The third-order valence-electron chi connectivity index (χ3n) is 6.25. The van der Waals surface area contributed by atoms with E-state index in [9.17, 15) is 22.8 Å². The average molecular weight is 493 g/mol. The van der Waals surface area contributed by atoms with Crippen molar-refractivity contribution < 1.29 is 32.6 Å². The minimum atomic E-state index is -4.76. The first kappa shape index (κ1) is 26.5. The van der Waals surface area contributed by atoms with Crippen LogP contribution in [0.5, 0.6) is 5.75 Å². The zero-order valence-electron chi connectivity index (χ0n) is 20.3. The lowest BCUT2D eigenvalue weighted by atomic mass is 9.86. The van der Waals surface area contributed by atoms with E-state index in [0.29, 0.717) is 13.0 Å². The van der Waals surface area contributed by atoms with Crippen LogP contribution in [0.15, 0.2) is 48.5 Å². The van der Waals surface area contributed by atoms with E-state index in [1.807, 2.05) is 36.2 Å². The monoisotopic (exact) mass is 492 g/mol. The van der Waals surface area contributed by atoms with Crippen LogP contribution in [0.2, 0.25) is 0 Å². The van der Waals surface area contributed by atoms with Gasteiger partial charge in [-0.25, -0.2) is 0 Å². The summed E-state index contributed by atoms with van der Waals surface area (Å²) in [4.78, 5) is 28.1. The Morgan fingerprint density at radius 1 is 1.03 bits per heavy atom. The zero-order chi connectivity index (χ0) is 26.0. The topological polar surface area (TPSA) is 70.1 Å². The van der Waals surface area contributed by atoms with Crippen LogP contribution in [0.25, 0.3) is 0 Å². The Kier molecular flexibility index (Phi) is 7.79. The van der Waals surface area contributed by atoms with Crippen LogP contribution in [0.3, 0.4) is 0 Å². The highest BCUT2D eigenvalue weighted by Crippen LogP contribution is 2.36. The Morgan fingerprint density at radius 2 is 1.63 bits per heavy atom. The molecule has 3 rings (SSSR count). The number of alkyl halides is 3. The number of amides is 1. The summed E-state index contributed by atoms with van der Waals surface area (Å²) < 4.78 is 41.1. The molecule has 35 heavy (non-hydrogen) atoms. The van der Waals surface area contributed by atoms with E-state index < -0.39 is 18.4 Å². The molecule has 0 unspecified atom stereocenters. The van der Waals surface area contributed by atoms with E-state index in [4.69, 9.17) is 5.11 Å². The Hall–Kier alpha value is -3.07. The number of halogens is 3. The first-order valence-corrected chi connectivity index (χ1v) is 11.5. The van der Waals surface area contributed by atoms with Gasteiger partial charge in [0.2, 0.25) is 5.91 Å². The zero-order valence-corrected chi connectivity index (χ0v) is 20.3. The van der Waals surface area contributed by atoms with Crippen LogP contribution in [0.1, 0.15) is 56.5 Å². The summed E-state index contributed by atoms with van der Waals surface area (Å²) >= 11 is 0. The number of likely N-dealkylation sites (N-methyl/N-ethyl adjacent to an activating group) is 1. The number of carbonyl (C=O) groups is 2. The lowest BCUT2D eigenvalue weighted by Gasteiger charge is -2.30. The first-order valence-electron chi connectivity index (χ1n) is 11.5. The minimum absolute atomic E-state index is 0.0262. The molecule has 0 aromatic heterocycles. The molecule has 0 spiro atoms. The molecule has 2 aromatic rings. The SMILES string of the molecule is CN1[C@@H](CCC(=O)O)C(=O)N(CCc2ccc(OC(F)(F)F)cc2)[C@@H]1c1ccc(C(C)(C)C)cc1. The highest BCUT2D eigenvalue weighted by molar-refractivity contribution is 5.85. The molecule has 2 aromatic carbocycles. The van der Waals surface area contributed by atoms with Crippen molar-refractivity contribution in [2.75, 3.05) is 13.6 Å². The number of rotatable bonds is 8. The van der Waals surface area contributed by atoms with Crippen molar-refractivity contribution in [3.05, 3.63) is 65.2 Å². The molecule has 0 radical (unpaired) electrons. The molecule has 1 amide bonds. The summed E-state index contributed by atoms with van der Waals surface area (Å²) in [5.41, 5.74) is 2.80. The van der Waals surface area contributed by atoms with E-state index in [0.717, 1.165) is 16.7 Å². The van der Waals surface area contributed by atoms with Gasteiger partial charge in [-0.3, -0.25) is 14.5 Å². The molecule has 1 saturated heterocycles. The number of nitrogens with zero attached hydrogens (tertiary/aromatic N) is 2. The predicted octanol–water partition coefficient (Wildman–Crippen LogP) is 5.13. The molecule has 0 aliphatic carbocycles. The van der Waals surface area contributed by atoms with E-state index in [2.05, 4.69) is 25.5 Å². The third kappa shape index (κ3) is 6.75. The van der Waals surface area contributed by atoms with Crippen molar-refractivity contribution in [1.29, 1.82) is 0 Å². The molecule has 9 heteroatoms. The van der Waals surface area contributed by atoms with Crippen molar-refractivity contribution >= 4 is 11.9 Å². The van der Waals surface area contributed by atoms with Gasteiger partial charge in [0.25, 0.3) is 0 Å². The molecular weight excluding hydrogens is 461 g/mol. The summed E-state index contributed by atoms with van der Waals surface area (Å²) in [5.74, 6) is -1.42. The first-order chi connectivity index (χ1) is 16.3. The van der Waals surface area contributed by atoms with E-state index in [1.165, 1.54) is 12.1 Å². The molecule has 6 nitrogen and oxygen atoms in total. The normalized spacial score (nSPS) is 19.3. The van der Waals surface area contributed by atoms with Gasteiger partial charge in [-0.05, 0) is 54.1 Å². The highest BCUT2D eigenvalue weighted by Gasteiger charge is 2.44. The second kappa shape index (κ2) is 10.3. The number of benzene rings is 2. The van der Waals surface area contributed by atoms with Gasteiger partial charge >= 0.3 is 12.3 Å². The maximum absolute atomic E-state index is 13.3. The largest absolute Gasteiger partial charge is 0.573 e. The van der Waals surface area contributed by atoms with Gasteiger partial charge in [-0.1, -0.05) is 57.2 Å². The molecule has 1 aliphatic rings. The number of ether oxygens (including phenoxy) is 1. The summed E-state index contributed by atoms with van der Waals surface area (Å²) in [5, 5.41) is 9.12. The maximum Gasteiger partial charge on any atom is 0.573 e. The van der Waals surface area contributed by atoms with Crippen LogP contribution >= 0.6 is 0 Å². The maximum atomic E-state index is 13.3. The molecule has 1 N–H and O–H groups in total. The average Bonchev–Trinajstić information content (AvgIpc) is 2.99. The number of carboxylic acids is 1. The van der Waals surface area contributed by atoms with Gasteiger partial charge in [0.15, 0.2) is 0 Å². The van der Waals surface area contributed by atoms with Crippen LogP contribution in [-0.2, 0) is 21.4 Å². The van der Waals surface area contributed by atoms with Crippen LogP contribution < -0.4 is 4.74 Å². The smallest absolute Gasteiger partial charge is 0.481 e. The van der Waals surface area contributed by atoms with Gasteiger partial charge in [0.1, 0.15) is 11.9 Å². The van der Waals surface area contributed by atoms with Gasteiger partial charge in [-0.2, -0.15) is 0 Å². The number of carboxylic acid groups (broad SMARTS) is 1. The van der Waals surface area contributed by atoms with Gasteiger partial charge in [0, 0.05) is 13.0 Å². The third-order valence-corrected chi connectivity index (χ3v) is 6.25. The van der Waals surface area contributed by atoms with E-state index >= 15 is 0 Å². The Morgan fingerprint density at radius 3 is 2.14 bits per heavy atom. The number of aliphatic carboxylic acids is 1. The summed E-state index contributed by atoms with van der Waals surface area (Å²) in [6.45, 7) is 6.68. The van der Waals surface area contributed by atoms with Crippen LogP contribution in [-0.4, -0.2) is 52.8 Å². The highest BCUT2D eigenvalue weighted by atomic mass is 19.4. The van der Waals surface area contributed by atoms with Crippen molar-refractivity contribution in [2.45, 2.75) is 64.0 Å². The fraction of sp³-hybridized carbons (Fsp3) is 0.462. The fourth-order valence-corrected chi connectivity index (χ4v) is 4.37. The molecule has 0 bridgehead atoms. The minimum Gasteiger partial charge on any atom is -0.481 e. The van der Waals surface area contributed by atoms with Crippen molar-refractivity contribution in [2.24, 2.45) is 0 Å². The molecule has 1 heterocycles. The van der Waals surface area contributed by atoms with Crippen molar-refractivity contribution in [1.82, 2.24) is 9.80 Å².